The highest BCUT2D eigenvalue weighted by Gasteiger charge is 2.49. The molecule has 1 aliphatic rings. The van der Waals surface area contributed by atoms with Gasteiger partial charge in [0.15, 0.2) is 0 Å². The highest BCUT2D eigenvalue weighted by molar-refractivity contribution is 5.89. The number of benzene rings is 3. The van der Waals surface area contributed by atoms with Crippen LogP contribution in [0.1, 0.15) is 27.9 Å². The normalized spacial score (nSPS) is 19.6. The number of rotatable bonds is 9. The molecule has 2 atom stereocenters. The quantitative estimate of drug-likeness (QED) is 0.192. The van der Waals surface area contributed by atoms with Gasteiger partial charge in [-0.15, -0.1) is 13.2 Å². The first-order valence-electron chi connectivity index (χ1n) is 12.3. The third kappa shape index (κ3) is 5.83. The Morgan fingerprint density at radius 3 is 2.03 bits per heavy atom. The van der Waals surface area contributed by atoms with Crippen molar-refractivity contribution in [2.24, 2.45) is 5.92 Å². The molecule has 38 heavy (non-hydrogen) atoms. The summed E-state index contributed by atoms with van der Waals surface area (Å²) in [6.07, 6.45) is -4.10. The Morgan fingerprint density at radius 1 is 0.974 bits per heavy atom. The molecule has 0 radical (unpaired) electrons. The van der Waals surface area contributed by atoms with Crippen LogP contribution < -0.4 is 9.84 Å². The number of nitrogens with one attached hydrogen (secondary N) is 1. The van der Waals surface area contributed by atoms with E-state index in [0.717, 1.165) is 29.8 Å². The smallest absolute Gasteiger partial charge is 0.573 e. The van der Waals surface area contributed by atoms with Crippen molar-refractivity contribution >= 4 is 11.9 Å². The Labute approximate surface area is 219 Å². The number of alkyl halides is 3. The van der Waals surface area contributed by atoms with Gasteiger partial charge in [0.1, 0.15) is 18.9 Å². The number of halogens is 3. The topological polar surface area (TPSA) is 82.4 Å². The zero-order valence-electron chi connectivity index (χ0n) is 20.9. The number of carbonyl (C=O) groups is 1. The zero-order valence-corrected chi connectivity index (χ0v) is 20.9. The number of ether oxygens (including phenoxy) is 2. The maximum absolute atomic E-state index is 13.1. The minimum Gasteiger partial charge on any atom is -0.861 e. The Kier molecular flexibility index (Phi) is 7.78. The van der Waals surface area contributed by atoms with Crippen molar-refractivity contribution in [2.75, 3.05) is 33.3 Å². The first-order chi connectivity index (χ1) is 18.0. The van der Waals surface area contributed by atoms with E-state index < -0.39 is 29.4 Å². The summed E-state index contributed by atoms with van der Waals surface area (Å²) in [5, 5.41) is 21.6. The molecule has 0 aromatic heterocycles. The SMILES string of the molecule is C[N+]1(CCOC(=O)c2ccc(OC(F)(F)F)cc2)CCC(C(C(=N)[O-])(c2ccccc2)c2ccccc2)C1. The summed E-state index contributed by atoms with van der Waals surface area (Å²) in [4.78, 5) is 12.4. The number of carbonyl (C=O) groups excluding carboxylic acids is 1. The number of likely N-dealkylation sites (N-methyl/N-ethyl adjacent to an activating group) is 1. The van der Waals surface area contributed by atoms with Crippen molar-refractivity contribution in [2.45, 2.75) is 18.2 Å². The first kappa shape index (κ1) is 27.2. The third-order valence-electron chi connectivity index (χ3n) is 7.30. The molecule has 1 heterocycles. The number of nitrogens with zero attached hydrogens (tertiary/aromatic N) is 1. The molecular formula is C29H29F3N2O4. The molecule has 3 aromatic rings. The molecule has 0 spiro atoms. The number of likely N-dealkylation sites (tertiary alicyclic amines) is 1. The fourth-order valence-corrected chi connectivity index (χ4v) is 5.46. The molecule has 0 saturated carbocycles. The number of quaternary nitrogens is 1. The highest BCUT2D eigenvalue weighted by atomic mass is 19.4. The summed E-state index contributed by atoms with van der Waals surface area (Å²) in [7, 11) is 2.03. The monoisotopic (exact) mass is 526 g/mol. The van der Waals surface area contributed by atoms with Crippen molar-refractivity contribution in [3.05, 3.63) is 102 Å². The highest BCUT2D eigenvalue weighted by Crippen LogP contribution is 2.45. The number of hydrogen-bond donors (Lipinski definition) is 1. The Morgan fingerprint density at radius 2 is 1.53 bits per heavy atom. The van der Waals surface area contributed by atoms with Crippen molar-refractivity contribution in [3.8, 4) is 5.75 Å². The maximum Gasteiger partial charge on any atom is 0.573 e. The van der Waals surface area contributed by atoms with Crippen LogP contribution in [0.15, 0.2) is 84.9 Å². The molecule has 1 fully saturated rings. The molecule has 1 saturated heterocycles. The van der Waals surface area contributed by atoms with Gasteiger partial charge in [-0.2, -0.15) is 0 Å². The van der Waals surface area contributed by atoms with E-state index in [2.05, 4.69) is 4.74 Å². The Bertz CT molecular complexity index is 1210. The second kappa shape index (κ2) is 10.9. The summed E-state index contributed by atoms with van der Waals surface area (Å²) in [5.74, 6) is -1.86. The van der Waals surface area contributed by atoms with Crippen LogP contribution in [0.3, 0.4) is 0 Å². The first-order valence-corrected chi connectivity index (χ1v) is 12.3. The van der Waals surface area contributed by atoms with Crippen molar-refractivity contribution in [1.82, 2.24) is 0 Å². The van der Waals surface area contributed by atoms with Gasteiger partial charge in [-0.05, 0) is 41.3 Å². The second-order valence-electron chi connectivity index (χ2n) is 9.81. The number of hydrogen-bond acceptors (Lipinski definition) is 5. The molecule has 1 aliphatic heterocycles. The lowest BCUT2D eigenvalue weighted by atomic mass is 9.65. The average molecular weight is 527 g/mol. The van der Waals surface area contributed by atoms with Crippen LogP contribution in [0, 0.1) is 11.3 Å². The Balaban J connectivity index is 1.45. The van der Waals surface area contributed by atoms with Gasteiger partial charge in [-0.1, -0.05) is 60.7 Å². The van der Waals surface area contributed by atoms with E-state index in [1.807, 2.05) is 67.7 Å². The maximum atomic E-state index is 13.1. The average Bonchev–Trinajstić information content (AvgIpc) is 3.27. The molecule has 1 N–H and O–H groups in total. The molecule has 4 rings (SSSR count). The standard InChI is InChI=1S/C29H29F3N2O4/c1-34(18-19-37-26(35)21-12-14-25(15-13-21)38-29(30,31)32)17-16-24(20-34)28(27(33)36,22-8-4-2-5-9-22)23-10-6-3-7-11-23/h2-15,24H,16-20H2,1H3,(H-,33,36). The van der Waals surface area contributed by atoms with E-state index in [-0.39, 0.29) is 18.1 Å². The Hall–Kier alpha value is -3.85. The molecule has 200 valence electrons. The molecule has 9 heteroatoms. The minimum absolute atomic E-state index is 0.0986. The molecule has 2 unspecified atom stereocenters. The second-order valence-corrected chi connectivity index (χ2v) is 9.81. The van der Waals surface area contributed by atoms with Crippen molar-refractivity contribution in [1.29, 1.82) is 5.41 Å². The van der Waals surface area contributed by atoms with Crippen LogP contribution in [0.5, 0.6) is 5.75 Å². The van der Waals surface area contributed by atoms with Gasteiger partial charge in [-0.3, -0.25) is 0 Å². The van der Waals surface area contributed by atoms with Gasteiger partial charge >= 0.3 is 12.3 Å². The molecule has 0 aliphatic carbocycles. The van der Waals surface area contributed by atoms with Gasteiger partial charge < -0.3 is 24.5 Å². The van der Waals surface area contributed by atoms with Crippen LogP contribution >= 0.6 is 0 Å². The van der Waals surface area contributed by atoms with Crippen molar-refractivity contribution in [3.63, 3.8) is 0 Å². The zero-order chi connectivity index (χ0) is 27.4. The van der Waals surface area contributed by atoms with E-state index in [4.69, 9.17) is 10.1 Å². The number of esters is 1. The summed E-state index contributed by atoms with van der Waals surface area (Å²) >= 11 is 0. The van der Waals surface area contributed by atoms with Gasteiger partial charge in [0.25, 0.3) is 0 Å². The lowest BCUT2D eigenvalue weighted by molar-refractivity contribution is -0.899. The van der Waals surface area contributed by atoms with Crippen LogP contribution in [0.4, 0.5) is 13.2 Å². The van der Waals surface area contributed by atoms with Crippen LogP contribution in [0.2, 0.25) is 0 Å². The lowest BCUT2D eigenvalue weighted by Gasteiger charge is -2.43. The largest absolute Gasteiger partial charge is 0.861 e. The van der Waals surface area contributed by atoms with Gasteiger partial charge in [0, 0.05) is 12.3 Å². The predicted octanol–water partition coefficient (Wildman–Crippen LogP) is 4.53. The summed E-state index contributed by atoms with van der Waals surface area (Å²) < 4.78 is 46.8. The van der Waals surface area contributed by atoms with Crippen LogP contribution in [-0.4, -0.2) is 56.0 Å². The predicted molar refractivity (Wildman–Crippen MR) is 134 cm³/mol. The van der Waals surface area contributed by atoms with Crippen LogP contribution in [-0.2, 0) is 10.2 Å². The molecule has 0 bridgehead atoms. The molecule has 3 aromatic carbocycles. The summed E-state index contributed by atoms with van der Waals surface area (Å²) in [6, 6.07) is 23.4. The van der Waals surface area contributed by atoms with E-state index in [0.29, 0.717) is 24.0 Å². The fraction of sp³-hybridized carbons (Fsp3) is 0.310. The molecule has 0 amide bonds. The van der Waals surface area contributed by atoms with Crippen molar-refractivity contribution < 1.29 is 37.0 Å². The summed E-state index contributed by atoms with van der Waals surface area (Å²) in [6.45, 7) is 1.93. The van der Waals surface area contributed by atoms with Crippen LogP contribution in [0.25, 0.3) is 0 Å². The van der Waals surface area contributed by atoms with E-state index in [9.17, 15) is 23.1 Å². The minimum atomic E-state index is -4.81. The van der Waals surface area contributed by atoms with Gasteiger partial charge in [-0.25, -0.2) is 4.79 Å². The fourth-order valence-electron chi connectivity index (χ4n) is 5.46. The van der Waals surface area contributed by atoms with E-state index in [1.54, 1.807) is 0 Å². The van der Waals surface area contributed by atoms with E-state index >= 15 is 0 Å². The van der Waals surface area contributed by atoms with Gasteiger partial charge in [0.05, 0.1) is 31.1 Å². The molecule has 6 nitrogen and oxygen atoms in total. The summed E-state index contributed by atoms with van der Waals surface area (Å²) in [5.41, 5.74) is 0.576. The van der Waals surface area contributed by atoms with E-state index in [1.165, 1.54) is 12.1 Å². The third-order valence-corrected chi connectivity index (χ3v) is 7.30. The van der Waals surface area contributed by atoms with Gasteiger partial charge in [0.2, 0.25) is 0 Å². The lowest BCUT2D eigenvalue weighted by Crippen LogP contribution is -2.52. The molecular weight excluding hydrogens is 497 g/mol.